The summed E-state index contributed by atoms with van der Waals surface area (Å²) >= 11 is 1.62. The summed E-state index contributed by atoms with van der Waals surface area (Å²) in [7, 11) is 0. The molecule has 1 heterocycles. The molecule has 4 heteroatoms. The number of benzene rings is 2. The molecule has 0 aromatic heterocycles. The fraction of sp³-hybridized carbons (Fsp3) is 0.350. The maximum absolute atomic E-state index is 12.4. The lowest BCUT2D eigenvalue weighted by Gasteiger charge is -2.26. The van der Waals surface area contributed by atoms with Crippen molar-refractivity contribution in [3.63, 3.8) is 0 Å². The minimum atomic E-state index is 0.0447. The van der Waals surface area contributed by atoms with Crippen molar-refractivity contribution in [1.29, 1.82) is 0 Å². The van der Waals surface area contributed by atoms with E-state index in [1.54, 1.807) is 11.8 Å². The Morgan fingerprint density at radius 2 is 1.92 bits per heavy atom. The van der Waals surface area contributed by atoms with Crippen molar-refractivity contribution < 1.29 is 9.53 Å². The molecule has 126 valence electrons. The summed E-state index contributed by atoms with van der Waals surface area (Å²) in [6.07, 6.45) is 0.815. The number of para-hydroxylation sites is 1. The summed E-state index contributed by atoms with van der Waals surface area (Å²) in [4.78, 5) is 13.6. The summed E-state index contributed by atoms with van der Waals surface area (Å²) < 4.78 is 5.65. The van der Waals surface area contributed by atoms with Gasteiger partial charge >= 0.3 is 0 Å². The topological polar surface area (TPSA) is 38.3 Å². The molecule has 0 bridgehead atoms. The van der Waals surface area contributed by atoms with Gasteiger partial charge in [-0.05, 0) is 38.0 Å². The normalized spacial score (nSPS) is 16.2. The molecule has 1 aliphatic rings. The third-order valence-electron chi connectivity index (χ3n) is 4.25. The zero-order valence-corrected chi connectivity index (χ0v) is 15.2. The number of carbonyl (C=O) groups is 1. The molecule has 3 nitrogen and oxygen atoms in total. The Hall–Kier alpha value is -1.94. The van der Waals surface area contributed by atoms with Crippen molar-refractivity contribution in [3.05, 3.63) is 58.7 Å². The van der Waals surface area contributed by atoms with Gasteiger partial charge in [0, 0.05) is 16.9 Å². The van der Waals surface area contributed by atoms with Crippen LogP contribution in [0.15, 0.2) is 41.3 Å². The van der Waals surface area contributed by atoms with E-state index < -0.39 is 0 Å². The molecule has 24 heavy (non-hydrogen) atoms. The molecule has 1 aliphatic heterocycles. The van der Waals surface area contributed by atoms with Gasteiger partial charge in [-0.1, -0.05) is 35.9 Å². The highest BCUT2D eigenvalue weighted by atomic mass is 32.2. The van der Waals surface area contributed by atoms with Crippen molar-refractivity contribution in [2.24, 2.45) is 0 Å². The molecule has 1 unspecified atom stereocenters. The van der Waals surface area contributed by atoms with E-state index in [-0.39, 0.29) is 11.9 Å². The zero-order chi connectivity index (χ0) is 17.1. The standard InChI is InChI=1S/C20H23NO2S/c1-13-10-14(2)20(15(3)11-13)24-12-19(22)21-17-8-9-23-18-7-5-4-6-16(17)18/h4-7,10-11,17H,8-9,12H2,1-3H3,(H,21,22). The average Bonchev–Trinajstić information content (AvgIpc) is 2.54. The van der Waals surface area contributed by atoms with E-state index in [0.29, 0.717) is 12.4 Å². The van der Waals surface area contributed by atoms with E-state index in [1.165, 1.54) is 21.6 Å². The molecule has 0 saturated heterocycles. The molecule has 1 atom stereocenters. The second-order valence-corrected chi connectivity index (χ2v) is 7.30. The maximum Gasteiger partial charge on any atom is 0.230 e. The Kier molecular flexibility index (Phi) is 5.14. The van der Waals surface area contributed by atoms with E-state index in [9.17, 15) is 4.79 Å². The van der Waals surface area contributed by atoms with Gasteiger partial charge in [-0.25, -0.2) is 0 Å². The molecule has 2 aromatic rings. The average molecular weight is 341 g/mol. The van der Waals surface area contributed by atoms with Gasteiger partial charge in [-0.3, -0.25) is 4.79 Å². The first-order valence-corrected chi connectivity index (χ1v) is 9.25. The molecular formula is C20H23NO2S. The number of aryl methyl sites for hydroxylation is 3. The lowest BCUT2D eigenvalue weighted by molar-refractivity contribution is -0.119. The maximum atomic E-state index is 12.4. The van der Waals surface area contributed by atoms with E-state index in [4.69, 9.17) is 4.74 Å². The minimum absolute atomic E-state index is 0.0447. The third-order valence-corrected chi connectivity index (χ3v) is 5.59. The van der Waals surface area contributed by atoms with Crippen LogP contribution in [0.5, 0.6) is 5.75 Å². The summed E-state index contributed by atoms with van der Waals surface area (Å²) in [5.74, 6) is 1.39. The van der Waals surface area contributed by atoms with Gasteiger partial charge in [-0.2, -0.15) is 0 Å². The number of ether oxygens (including phenoxy) is 1. The van der Waals surface area contributed by atoms with Crippen molar-refractivity contribution in [1.82, 2.24) is 5.32 Å². The largest absolute Gasteiger partial charge is 0.493 e. The van der Waals surface area contributed by atoms with Crippen LogP contribution in [0.25, 0.3) is 0 Å². The molecule has 1 amide bonds. The number of thioether (sulfide) groups is 1. The highest BCUT2D eigenvalue weighted by Gasteiger charge is 2.22. The first-order valence-electron chi connectivity index (χ1n) is 8.26. The molecule has 0 radical (unpaired) electrons. The Labute approximate surface area is 147 Å². The van der Waals surface area contributed by atoms with Gasteiger partial charge in [0.15, 0.2) is 0 Å². The van der Waals surface area contributed by atoms with Crippen LogP contribution in [-0.2, 0) is 4.79 Å². The first kappa shape index (κ1) is 16.9. The van der Waals surface area contributed by atoms with Crippen molar-refractivity contribution >= 4 is 17.7 Å². The molecule has 0 aliphatic carbocycles. The molecule has 0 spiro atoms. The zero-order valence-electron chi connectivity index (χ0n) is 14.4. The summed E-state index contributed by atoms with van der Waals surface area (Å²) in [5, 5.41) is 3.16. The minimum Gasteiger partial charge on any atom is -0.493 e. The van der Waals surface area contributed by atoms with Gasteiger partial charge in [0.1, 0.15) is 5.75 Å². The Morgan fingerprint density at radius 3 is 2.67 bits per heavy atom. The van der Waals surface area contributed by atoms with Crippen molar-refractivity contribution in [2.45, 2.75) is 38.1 Å². The third kappa shape index (κ3) is 3.75. The van der Waals surface area contributed by atoms with Crippen molar-refractivity contribution in [3.8, 4) is 5.75 Å². The van der Waals surface area contributed by atoms with E-state index in [1.807, 2.05) is 24.3 Å². The molecule has 2 aromatic carbocycles. The van der Waals surface area contributed by atoms with Crippen LogP contribution in [-0.4, -0.2) is 18.3 Å². The number of hydrogen-bond acceptors (Lipinski definition) is 3. The predicted molar refractivity (Wildman–Crippen MR) is 98.8 cm³/mol. The van der Waals surface area contributed by atoms with E-state index in [2.05, 4.69) is 38.2 Å². The number of rotatable bonds is 4. The monoisotopic (exact) mass is 341 g/mol. The predicted octanol–water partition coefficient (Wildman–Crippen LogP) is 4.34. The smallest absolute Gasteiger partial charge is 0.230 e. The van der Waals surface area contributed by atoms with Gasteiger partial charge in [0.25, 0.3) is 0 Å². The summed E-state index contributed by atoms with van der Waals surface area (Å²) in [6, 6.07) is 12.3. The molecule has 3 rings (SSSR count). The van der Waals surface area contributed by atoms with Crippen LogP contribution in [0.4, 0.5) is 0 Å². The Morgan fingerprint density at radius 1 is 1.21 bits per heavy atom. The van der Waals surface area contributed by atoms with Gasteiger partial charge in [0.2, 0.25) is 5.91 Å². The number of fused-ring (bicyclic) bond motifs is 1. The van der Waals surface area contributed by atoms with E-state index in [0.717, 1.165) is 17.7 Å². The molecule has 0 fully saturated rings. The molecular weight excluding hydrogens is 318 g/mol. The highest BCUT2D eigenvalue weighted by Crippen LogP contribution is 2.32. The molecule has 1 N–H and O–H groups in total. The second kappa shape index (κ2) is 7.31. The number of nitrogens with one attached hydrogen (secondary N) is 1. The van der Waals surface area contributed by atoms with Gasteiger partial charge < -0.3 is 10.1 Å². The lowest BCUT2D eigenvalue weighted by atomic mass is 10.0. The van der Waals surface area contributed by atoms with Gasteiger partial charge in [0.05, 0.1) is 18.4 Å². The number of amides is 1. The van der Waals surface area contributed by atoms with Crippen molar-refractivity contribution in [2.75, 3.05) is 12.4 Å². The van der Waals surface area contributed by atoms with E-state index >= 15 is 0 Å². The SMILES string of the molecule is Cc1cc(C)c(SCC(=O)NC2CCOc3ccccc32)c(C)c1. The highest BCUT2D eigenvalue weighted by molar-refractivity contribution is 8.00. The Bertz CT molecular complexity index is 734. The fourth-order valence-corrected chi connectivity index (χ4v) is 4.19. The molecule has 0 saturated carbocycles. The Balaban J connectivity index is 1.63. The second-order valence-electron chi connectivity index (χ2n) is 6.31. The van der Waals surface area contributed by atoms with Gasteiger partial charge in [-0.15, -0.1) is 11.8 Å². The van der Waals surface area contributed by atoms with Crippen LogP contribution in [0, 0.1) is 20.8 Å². The quantitative estimate of drug-likeness (QED) is 0.841. The van der Waals surface area contributed by atoms with Crippen LogP contribution in [0.2, 0.25) is 0 Å². The fourth-order valence-electron chi connectivity index (χ4n) is 3.26. The van der Waals surface area contributed by atoms with Crippen LogP contribution >= 0.6 is 11.8 Å². The number of carbonyl (C=O) groups excluding carboxylic acids is 1. The van der Waals surface area contributed by atoms with Crippen LogP contribution < -0.4 is 10.1 Å². The van der Waals surface area contributed by atoms with Crippen LogP contribution in [0.3, 0.4) is 0 Å². The number of hydrogen-bond donors (Lipinski definition) is 1. The van der Waals surface area contributed by atoms with Crippen LogP contribution in [0.1, 0.15) is 34.7 Å². The lowest BCUT2D eigenvalue weighted by Crippen LogP contribution is -2.33. The summed E-state index contributed by atoms with van der Waals surface area (Å²) in [6.45, 7) is 6.96. The summed E-state index contributed by atoms with van der Waals surface area (Å²) in [5.41, 5.74) is 4.81. The first-order chi connectivity index (χ1) is 11.5.